The van der Waals surface area contributed by atoms with Crippen LogP contribution in [0.2, 0.25) is 5.02 Å². The second kappa shape index (κ2) is 21.7. The molecule has 0 spiro atoms. The first-order chi connectivity index (χ1) is 25.9. The van der Waals surface area contributed by atoms with Gasteiger partial charge in [0, 0.05) is 17.9 Å². The number of carbonyl (C=O) groups is 2. The van der Waals surface area contributed by atoms with Crippen LogP contribution >= 0.6 is 34.8 Å². The van der Waals surface area contributed by atoms with Crippen LogP contribution < -0.4 is 10.6 Å². The summed E-state index contributed by atoms with van der Waals surface area (Å²) >= 11 is 19.1. The van der Waals surface area contributed by atoms with Crippen molar-refractivity contribution in [3.05, 3.63) is 59.1 Å². The maximum atomic E-state index is 14.1. The number of amides is 2. The van der Waals surface area contributed by atoms with Crippen molar-refractivity contribution >= 4 is 78.6 Å². The molecule has 0 heterocycles. The number of benzene rings is 3. The Hall–Kier alpha value is -2.52. The van der Waals surface area contributed by atoms with Crippen LogP contribution in [0.25, 0.3) is 10.8 Å². The van der Waals surface area contributed by atoms with Crippen molar-refractivity contribution in [1.82, 2.24) is 0 Å². The molecule has 3 aromatic carbocycles. The van der Waals surface area contributed by atoms with Crippen LogP contribution in [-0.2, 0) is 25.8 Å². The molecule has 3 aromatic rings. The molecule has 1 saturated carbocycles. The van der Waals surface area contributed by atoms with Gasteiger partial charge >= 0.3 is 0 Å². The molecule has 0 aromatic heterocycles. The third-order valence-electron chi connectivity index (χ3n) is 10.8. The number of rotatable bonds is 22. The number of phenolic OH excluding ortho intramolecular Hbond substituents is 1. The number of halogens is 3. The second-order valence-electron chi connectivity index (χ2n) is 15.1. The lowest BCUT2D eigenvalue weighted by molar-refractivity contribution is -0.121. The first kappa shape index (κ1) is 44.2. The summed E-state index contributed by atoms with van der Waals surface area (Å²) in [6, 6.07) is 13.7. The zero-order valence-corrected chi connectivity index (χ0v) is 35.1. The smallest absolute Gasteiger partial charge is 0.243 e. The molecule has 0 radical (unpaired) electrons. The number of nitrogens with one attached hydrogen (secondary N) is 2. The quantitative estimate of drug-likeness (QED) is 0.0531. The number of carbonyl (C=O) groups excluding carboxylic acids is 2. The molecule has 7 nitrogen and oxygen atoms in total. The highest BCUT2D eigenvalue weighted by molar-refractivity contribution is 7.92. The van der Waals surface area contributed by atoms with Crippen molar-refractivity contribution in [2.24, 2.45) is 5.92 Å². The molecule has 1 aliphatic rings. The minimum Gasteiger partial charge on any atom is -0.506 e. The molecule has 0 bridgehead atoms. The van der Waals surface area contributed by atoms with Gasteiger partial charge in [-0.25, -0.2) is 8.42 Å². The minimum atomic E-state index is -4.11. The number of fused-ring (bicyclic) bond motifs is 1. The number of alkyl halides is 2. The Labute approximate surface area is 338 Å². The molecule has 54 heavy (non-hydrogen) atoms. The number of sulfone groups is 1. The average Bonchev–Trinajstić information content (AvgIpc) is 3.15. The van der Waals surface area contributed by atoms with Crippen molar-refractivity contribution in [2.75, 3.05) is 16.5 Å². The molecular formula is C43H59Cl3N2O5S. The van der Waals surface area contributed by atoms with Crippen molar-refractivity contribution in [3.63, 3.8) is 0 Å². The third kappa shape index (κ3) is 12.5. The second-order valence-corrected chi connectivity index (χ2v) is 18.8. The van der Waals surface area contributed by atoms with Gasteiger partial charge in [-0.2, -0.15) is 0 Å². The van der Waals surface area contributed by atoms with E-state index >= 15 is 0 Å². The van der Waals surface area contributed by atoms with Crippen LogP contribution in [0.5, 0.6) is 5.75 Å². The number of anilines is 2. The highest BCUT2D eigenvalue weighted by Crippen LogP contribution is 2.40. The molecular weight excluding hydrogens is 763 g/mol. The van der Waals surface area contributed by atoms with Crippen LogP contribution in [0, 0.1) is 5.92 Å². The largest absolute Gasteiger partial charge is 0.506 e. The lowest BCUT2D eigenvalue weighted by atomic mass is 9.81. The summed E-state index contributed by atoms with van der Waals surface area (Å²) in [5.41, 5.74) is 1.07. The lowest BCUT2D eigenvalue weighted by Crippen LogP contribution is -2.37. The summed E-state index contributed by atoms with van der Waals surface area (Å²) in [4.78, 5) is 26.1. The van der Waals surface area contributed by atoms with Crippen molar-refractivity contribution < 1.29 is 23.1 Å². The van der Waals surface area contributed by atoms with E-state index in [9.17, 15) is 23.1 Å². The standard InChI is InChI=1S/C43H59Cl3N2O5S/c1-3-5-6-7-8-9-10-11-12-13-14-15-16-20-31-25-34(26-32-21-17-18-23-35(31)32)54(52,53)40(4-2)42(51)47-37-28-39(49)38(27-36(37)45)48-41(50)33-22-19-24-43(46,29-33)30-44/h17-18,21,23,25-28,33,40,49H,3-16,19-20,22,24,29-30H2,1-2H3,(H,47,51)(H,48,50). The van der Waals surface area contributed by atoms with Gasteiger partial charge in [0.2, 0.25) is 11.8 Å². The zero-order chi connectivity index (χ0) is 39.1. The van der Waals surface area contributed by atoms with Crippen LogP contribution in [0.1, 0.15) is 135 Å². The van der Waals surface area contributed by atoms with Gasteiger partial charge in [-0.1, -0.05) is 133 Å². The van der Waals surface area contributed by atoms with Gasteiger partial charge in [0.1, 0.15) is 11.0 Å². The van der Waals surface area contributed by atoms with E-state index in [1.165, 1.54) is 82.8 Å². The Morgan fingerprint density at radius 3 is 2.13 bits per heavy atom. The van der Waals surface area contributed by atoms with Crippen LogP contribution in [0.4, 0.5) is 11.4 Å². The maximum Gasteiger partial charge on any atom is 0.243 e. The van der Waals surface area contributed by atoms with E-state index in [0.29, 0.717) is 12.8 Å². The van der Waals surface area contributed by atoms with Crippen LogP contribution in [0.3, 0.4) is 0 Å². The van der Waals surface area contributed by atoms with Gasteiger partial charge in [-0.3, -0.25) is 9.59 Å². The summed E-state index contributed by atoms with van der Waals surface area (Å²) in [5, 5.41) is 16.6. The summed E-state index contributed by atoms with van der Waals surface area (Å²) in [6.45, 7) is 3.90. The topological polar surface area (TPSA) is 113 Å². The number of aryl methyl sites for hydroxylation is 1. The normalized spacial score (nSPS) is 18.1. The summed E-state index contributed by atoms with van der Waals surface area (Å²) in [5.74, 6) is -1.54. The van der Waals surface area contributed by atoms with E-state index in [-0.39, 0.29) is 51.2 Å². The summed E-state index contributed by atoms with van der Waals surface area (Å²) < 4.78 is 28.2. The average molecular weight is 822 g/mol. The molecule has 1 aliphatic carbocycles. The molecule has 3 N–H and O–H groups in total. The number of hydrogen-bond donors (Lipinski definition) is 3. The Balaban J connectivity index is 1.37. The van der Waals surface area contributed by atoms with E-state index in [1.54, 1.807) is 19.1 Å². The van der Waals surface area contributed by atoms with Crippen molar-refractivity contribution in [1.29, 1.82) is 0 Å². The fourth-order valence-electron chi connectivity index (χ4n) is 7.64. The van der Waals surface area contributed by atoms with Crippen molar-refractivity contribution in [3.8, 4) is 5.75 Å². The molecule has 3 unspecified atom stereocenters. The first-order valence-electron chi connectivity index (χ1n) is 20.1. The predicted octanol–water partition coefficient (Wildman–Crippen LogP) is 12.4. The van der Waals surface area contributed by atoms with Crippen LogP contribution in [-0.4, -0.2) is 41.3 Å². The Kier molecular flexibility index (Phi) is 17.8. The monoisotopic (exact) mass is 820 g/mol. The zero-order valence-electron chi connectivity index (χ0n) is 32.0. The predicted molar refractivity (Wildman–Crippen MR) is 226 cm³/mol. The molecule has 1 fully saturated rings. The van der Waals surface area contributed by atoms with E-state index in [2.05, 4.69) is 17.6 Å². The fraction of sp³-hybridized carbons (Fsp3) is 0.581. The SMILES string of the molecule is CCCCCCCCCCCCCCCc1cc(S(=O)(=O)C(CC)C(=O)Nc2cc(O)c(NC(=O)C3CCCC(Cl)(CCl)C3)cc2Cl)cc2ccccc12. The Morgan fingerprint density at radius 2 is 1.50 bits per heavy atom. The van der Waals surface area contributed by atoms with Crippen LogP contribution in [0.15, 0.2) is 53.4 Å². The minimum absolute atomic E-state index is 0.0265. The maximum absolute atomic E-state index is 14.1. The molecule has 298 valence electrons. The number of hydrogen-bond acceptors (Lipinski definition) is 5. The van der Waals surface area contributed by atoms with Gasteiger partial charge in [-0.15, -0.1) is 23.2 Å². The van der Waals surface area contributed by atoms with Gasteiger partial charge in [-0.05, 0) is 73.1 Å². The summed E-state index contributed by atoms with van der Waals surface area (Å²) in [6.07, 6.45) is 19.7. The highest BCUT2D eigenvalue weighted by atomic mass is 35.5. The Morgan fingerprint density at radius 1 is 0.870 bits per heavy atom. The van der Waals surface area contributed by atoms with E-state index in [4.69, 9.17) is 34.8 Å². The van der Waals surface area contributed by atoms with E-state index in [0.717, 1.165) is 48.4 Å². The molecule has 3 atom stereocenters. The highest BCUT2D eigenvalue weighted by Gasteiger charge is 2.37. The summed E-state index contributed by atoms with van der Waals surface area (Å²) in [7, 11) is -4.11. The fourth-order valence-corrected chi connectivity index (χ4v) is 10.1. The van der Waals surface area contributed by atoms with Gasteiger partial charge < -0.3 is 15.7 Å². The van der Waals surface area contributed by atoms with Gasteiger partial charge in [0.25, 0.3) is 0 Å². The van der Waals surface area contributed by atoms with E-state index < -0.39 is 25.9 Å². The number of aromatic hydroxyl groups is 1. The van der Waals surface area contributed by atoms with Gasteiger partial charge in [0.15, 0.2) is 9.84 Å². The Bertz CT molecular complexity index is 1800. The van der Waals surface area contributed by atoms with Gasteiger partial charge in [0.05, 0.1) is 26.2 Å². The lowest BCUT2D eigenvalue weighted by Gasteiger charge is -2.34. The molecule has 11 heteroatoms. The third-order valence-corrected chi connectivity index (χ3v) is 14.5. The first-order valence-corrected chi connectivity index (χ1v) is 22.9. The number of phenols is 1. The van der Waals surface area contributed by atoms with E-state index in [1.807, 2.05) is 24.3 Å². The molecule has 2 amide bonds. The van der Waals surface area contributed by atoms with Crippen molar-refractivity contribution in [2.45, 2.75) is 151 Å². The molecule has 0 saturated heterocycles. The molecule has 0 aliphatic heterocycles. The number of unbranched alkanes of at least 4 members (excludes halogenated alkanes) is 12. The molecule has 4 rings (SSSR count).